The number of hydrogen-bond acceptors (Lipinski definition) is 4. The summed E-state index contributed by atoms with van der Waals surface area (Å²) in [5.74, 6) is 0.949. The molecule has 0 aliphatic heterocycles. The summed E-state index contributed by atoms with van der Waals surface area (Å²) in [4.78, 5) is 0. The molecular weight excluding hydrogens is 348 g/mol. The SMILES string of the molecule is Cc1cc(OCCCS(C)(=O)=O)cc2c1-c1cc(CO)ccc1CCC2. The lowest BCUT2D eigenvalue weighted by Crippen LogP contribution is -2.08. The highest BCUT2D eigenvalue weighted by Crippen LogP contribution is 2.38. The molecule has 0 saturated carbocycles. The van der Waals surface area contributed by atoms with Gasteiger partial charge in [-0.2, -0.15) is 0 Å². The number of aliphatic hydroxyl groups excluding tert-OH is 1. The first-order valence-corrected chi connectivity index (χ1v) is 11.1. The Morgan fingerprint density at radius 3 is 2.62 bits per heavy atom. The van der Waals surface area contributed by atoms with Gasteiger partial charge in [0, 0.05) is 6.26 Å². The Balaban J connectivity index is 1.87. The van der Waals surface area contributed by atoms with Crippen molar-refractivity contribution in [2.45, 2.75) is 39.2 Å². The zero-order valence-electron chi connectivity index (χ0n) is 15.4. The van der Waals surface area contributed by atoms with Crippen molar-refractivity contribution in [1.82, 2.24) is 0 Å². The van der Waals surface area contributed by atoms with E-state index in [1.54, 1.807) is 0 Å². The number of ether oxygens (including phenoxy) is 1. The number of sulfone groups is 1. The van der Waals surface area contributed by atoms with Crippen molar-refractivity contribution in [3.05, 3.63) is 52.6 Å². The molecule has 0 radical (unpaired) electrons. The minimum absolute atomic E-state index is 0.0448. The molecule has 0 spiro atoms. The van der Waals surface area contributed by atoms with Crippen LogP contribution in [0.15, 0.2) is 30.3 Å². The summed E-state index contributed by atoms with van der Waals surface area (Å²) in [6.07, 6.45) is 4.84. The van der Waals surface area contributed by atoms with Crippen LogP contribution in [0.25, 0.3) is 11.1 Å². The number of rotatable bonds is 6. The van der Waals surface area contributed by atoms with Crippen LogP contribution in [-0.2, 0) is 29.3 Å². The quantitative estimate of drug-likeness (QED) is 0.787. The van der Waals surface area contributed by atoms with Crippen LogP contribution in [0, 0.1) is 6.92 Å². The molecule has 0 heterocycles. The first kappa shape index (κ1) is 18.9. The molecule has 0 fully saturated rings. The second kappa shape index (κ2) is 7.80. The molecule has 0 atom stereocenters. The largest absolute Gasteiger partial charge is 0.494 e. The molecule has 2 aromatic rings. The Morgan fingerprint density at radius 1 is 1.12 bits per heavy atom. The monoisotopic (exact) mass is 374 g/mol. The van der Waals surface area contributed by atoms with Crippen molar-refractivity contribution in [2.24, 2.45) is 0 Å². The summed E-state index contributed by atoms with van der Waals surface area (Å²) in [6.45, 7) is 2.53. The zero-order valence-corrected chi connectivity index (χ0v) is 16.2. The van der Waals surface area contributed by atoms with Crippen molar-refractivity contribution >= 4 is 9.84 Å². The van der Waals surface area contributed by atoms with Crippen LogP contribution in [0.2, 0.25) is 0 Å². The highest BCUT2D eigenvalue weighted by atomic mass is 32.2. The van der Waals surface area contributed by atoms with Gasteiger partial charge in [0.15, 0.2) is 0 Å². The lowest BCUT2D eigenvalue weighted by molar-refractivity contribution is 0.282. The van der Waals surface area contributed by atoms with Crippen molar-refractivity contribution in [3.8, 4) is 16.9 Å². The van der Waals surface area contributed by atoms with Crippen molar-refractivity contribution in [2.75, 3.05) is 18.6 Å². The third kappa shape index (κ3) is 4.46. The van der Waals surface area contributed by atoms with Gasteiger partial charge in [-0.05, 0) is 84.2 Å². The second-order valence-corrected chi connectivity index (χ2v) is 9.37. The third-order valence-electron chi connectivity index (χ3n) is 4.84. The number of aliphatic hydroxyl groups is 1. The zero-order chi connectivity index (χ0) is 18.7. The molecular formula is C21H26O4S. The molecule has 5 heteroatoms. The van der Waals surface area contributed by atoms with Crippen LogP contribution < -0.4 is 4.74 Å². The summed E-state index contributed by atoms with van der Waals surface area (Å²) < 4.78 is 28.3. The standard InChI is InChI=1S/C21H26O4S/c1-15-11-19(25-9-4-10-26(2,23)24)13-18-6-3-5-17-8-7-16(14-22)12-20(17)21(15)18/h7-8,11-13,22H,3-6,9-10,14H2,1-2H3. The molecule has 4 nitrogen and oxygen atoms in total. The molecule has 1 aliphatic rings. The Morgan fingerprint density at radius 2 is 1.88 bits per heavy atom. The second-order valence-electron chi connectivity index (χ2n) is 7.11. The normalized spacial score (nSPS) is 13.7. The Hall–Kier alpha value is -1.85. The van der Waals surface area contributed by atoms with Crippen LogP contribution in [0.4, 0.5) is 0 Å². The summed E-state index contributed by atoms with van der Waals surface area (Å²) in [6, 6.07) is 10.3. The van der Waals surface area contributed by atoms with E-state index >= 15 is 0 Å². The van der Waals surface area contributed by atoms with E-state index in [2.05, 4.69) is 25.1 Å². The van der Waals surface area contributed by atoms with E-state index in [0.717, 1.165) is 36.1 Å². The van der Waals surface area contributed by atoms with Gasteiger partial charge in [0.05, 0.1) is 19.0 Å². The molecule has 0 aromatic heterocycles. The maximum atomic E-state index is 11.2. The molecule has 26 heavy (non-hydrogen) atoms. The van der Waals surface area contributed by atoms with Crippen molar-refractivity contribution < 1.29 is 18.3 Å². The number of fused-ring (bicyclic) bond motifs is 3. The van der Waals surface area contributed by atoms with Crippen molar-refractivity contribution in [1.29, 1.82) is 0 Å². The van der Waals surface area contributed by atoms with Crippen molar-refractivity contribution in [3.63, 3.8) is 0 Å². The van der Waals surface area contributed by atoms with E-state index in [9.17, 15) is 13.5 Å². The van der Waals surface area contributed by atoms with Gasteiger partial charge in [0.1, 0.15) is 15.6 Å². The molecule has 1 N–H and O–H groups in total. The minimum atomic E-state index is -2.95. The minimum Gasteiger partial charge on any atom is -0.494 e. The van der Waals surface area contributed by atoms with E-state index in [1.807, 2.05) is 12.1 Å². The third-order valence-corrected chi connectivity index (χ3v) is 5.87. The predicted octanol–water partition coefficient (Wildman–Crippen LogP) is 3.46. The summed E-state index contributed by atoms with van der Waals surface area (Å²) >= 11 is 0. The molecule has 0 unspecified atom stereocenters. The van der Waals surface area contributed by atoms with Crippen LogP contribution in [0.5, 0.6) is 5.75 Å². The van der Waals surface area contributed by atoms with Gasteiger partial charge >= 0.3 is 0 Å². The van der Waals surface area contributed by atoms with Gasteiger partial charge in [-0.15, -0.1) is 0 Å². The van der Waals surface area contributed by atoms with Crippen LogP contribution in [0.1, 0.15) is 35.1 Å². The smallest absolute Gasteiger partial charge is 0.147 e. The first-order valence-electron chi connectivity index (χ1n) is 9.04. The Labute approximate surface area is 155 Å². The average molecular weight is 375 g/mol. The number of aryl methyl sites for hydroxylation is 3. The molecule has 0 saturated heterocycles. The lowest BCUT2D eigenvalue weighted by atomic mass is 9.91. The van der Waals surface area contributed by atoms with Crippen LogP contribution >= 0.6 is 0 Å². The van der Waals surface area contributed by atoms with Gasteiger partial charge in [-0.25, -0.2) is 8.42 Å². The molecule has 2 aromatic carbocycles. The molecule has 3 rings (SSSR count). The molecule has 0 amide bonds. The number of benzene rings is 2. The maximum absolute atomic E-state index is 11.2. The van der Waals surface area contributed by atoms with E-state index in [0.29, 0.717) is 13.0 Å². The maximum Gasteiger partial charge on any atom is 0.147 e. The molecule has 0 bridgehead atoms. The summed E-state index contributed by atoms with van der Waals surface area (Å²) in [7, 11) is -2.95. The predicted molar refractivity (Wildman–Crippen MR) is 104 cm³/mol. The van der Waals surface area contributed by atoms with Crippen LogP contribution in [-0.4, -0.2) is 32.1 Å². The molecule has 1 aliphatic carbocycles. The van der Waals surface area contributed by atoms with E-state index in [-0.39, 0.29) is 12.4 Å². The van der Waals surface area contributed by atoms with Gasteiger partial charge < -0.3 is 9.84 Å². The average Bonchev–Trinajstić information content (AvgIpc) is 2.76. The topological polar surface area (TPSA) is 63.6 Å². The highest BCUT2D eigenvalue weighted by molar-refractivity contribution is 7.90. The highest BCUT2D eigenvalue weighted by Gasteiger charge is 2.18. The Bertz CT molecular complexity index is 900. The summed E-state index contributed by atoms with van der Waals surface area (Å²) in [5, 5.41) is 9.49. The lowest BCUT2D eigenvalue weighted by Gasteiger charge is -2.16. The van der Waals surface area contributed by atoms with Gasteiger partial charge in [-0.1, -0.05) is 12.1 Å². The molecule has 140 valence electrons. The van der Waals surface area contributed by atoms with E-state index in [4.69, 9.17) is 4.74 Å². The fraction of sp³-hybridized carbons (Fsp3) is 0.429. The first-order chi connectivity index (χ1) is 12.4. The summed E-state index contributed by atoms with van der Waals surface area (Å²) in [5.41, 5.74) is 7.13. The number of hydrogen-bond donors (Lipinski definition) is 1. The fourth-order valence-electron chi connectivity index (χ4n) is 3.64. The fourth-order valence-corrected chi connectivity index (χ4v) is 4.29. The van der Waals surface area contributed by atoms with Gasteiger partial charge in [0.2, 0.25) is 0 Å². The van der Waals surface area contributed by atoms with Crippen LogP contribution in [0.3, 0.4) is 0 Å². The van der Waals surface area contributed by atoms with E-state index < -0.39 is 9.84 Å². The van der Waals surface area contributed by atoms with Gasteiger partial charge in [0.25, 0.3) is 0 Å². The Kier molecular flexibility index (Phi) is 5.68. The van der Waals surface area contributed by atoms with E-state index in [1.165, 1.54) is 28.5 Å². The van der Waals surface area contributed by atoms with Gasteiger partial charge in [-0.3, -0.25) is 0 Å².